The van der Waals surface area contributed by atoms with Gasteiger partial charge >= 0.3 is 6.18 Å². The van der Waals surface area contributed by atoms with Crippen LogP contribution < -0.4 is 0 Å². The quantitative estimate of drug-likeness (QED) is 0.448. The Morgan fingerprint density at radius 2 is 1.78 bits per heavy atom. The lowest BCUT2D eigenvalue weighted by Crippen LogP contribution is -2.43. The molecule has 37 heavy (non-hydrogen) atoms. The molecule has 0 amide bonds. The fraction of sp³-hybridized carbons (Fsp3) is 0.552. The Balaban J connectivity index is 0.00000137. The largest absolute Gasteiger partial charge is 0.418 e. The van der Waals surface area contributed by atoms with Crippen molar-refractivity contribution in [2.45, 2.75) is 82.9 Å². The summed E-state index contributed by atoms with van der Waals surface area (Å²) in [7, 11) is 0. The second-order valence-corrected chi connectivity index (χ2v) is 10.7. The molecule has 200 valence electrons. The van der Waals surface area contributed by atoms with E-state index in [-0.39, 0.29) is 17.2 Å². The molecule has 5 nitrogen and oxygen atoms in total. The molecule has 3 aromatic rings. The number of likely N-dealkylation sites (tertiary alicyclic amines) is 1. The Labute approximate surface area is 216 Å². The molecule has 3 heterocycles. The smallest absolute Gasteiger partial charge is 0.390 e. The zero-order valence-corrected chi connectivity index (χ0v) is 21.8. The molecule has 1 saturated heterocycles. The Bertz CT molecular complexity index is 1250. The number of imidazole rings is 1. The average Bonchev–Trinajstić information content (AvgIpc) is 3.44. The van der Waals surface area contributed by atoms with Crippen LogP contribution in [0.5, 0.6) is 0 Å². The van der Waals surface area contributed by atoms with E-state index in [1.54, 1.807) is 23.6 Å². The van der Waals surface area contributed by atoms with Crippen molar-refractivity contribution in [1.29, 1.82) is 0 Å². The summed E-state index contributed by atoms with van der Waals surface area (Å²) in [5.41, 5.74) is 1.66. The molecular formula is C29H36F3N3O2. The molecule has 2 aromatic carbocycles. The van der Waals surface area contributed by atoms with E-state index in [1.165, 1.54) is 17.5 Å². The van der Waals surface area contributed by atoms with E-state index in [0.717, 1.165) is 25.9 Å². The van der Waals surface area contributed by atoms with Crippen molar-refractivity contribution in [1.82, 2.24) is 14.5 Å². The number of aliphatic hydroxyl groups is 1. The maximum atomic E-state index is 14.4. The minimum Gasteiger partial charge on any atom is -0.390 e. The van der Waals surface area contributed by atoms with E-state index in [0.29, 0.717) is 43.5 Å². The van der Waals surface area contributed by atoms with Crippen LogP contribution >= 0.6 is 0 Å². The minimum atomic E-state index is -4.48. The summed E-state index contributed by atoms with van der Waals surface area (Å²) in [6.07, 6.45) is -0.101. The second-order valence-electron chi connectivity index (χ2n) is 10.7. The van der Waals surface area contributed by atoms with E-state index in [9.17, 15) is 18.3 Å². The van der Waals surface area contributed by atoms with Crippen LogP contribution in [0.2, 0.25) is 0 Å². The fourth-order valence-electron chi connectivity index (χ4n) is 6.34. The maximum absolute atomic E-state index is 14.4. The van der Waals surface area contributed by atoms with E-state index in [4.69, 9.17) is 4.74 Å². The van der Waals surface area contributed by atoms with Crippen LogP contribution in [0.15, 0.2) is 42.7 Å². The number of rotatable bonds is 4. The predicted octanol–water partition coefficient (Wildman–Crippen LogP) is 6.23. The van der Waals surface area contributed by atoms with Gasteiger partial charge in [0.1, 0.15) is 0 Å². The highest BCUT2D eigenvalue weighted by Gasteiger charge is 2.44. The third-order valence-corrected chi connectivity index (χ3v) is 8.22. The Hall–Kier alpha value is -2.42. The van der Waals surface area contributed by atoms with Gasteiger partial charge in [-0.1, -0.05) is 44.2 Å². The van der Waals surface area contributed by atoms with Crippen LogP contribution in [0.4, 0.5) is 13.2 Å². The van der Waals surface area contributed by atoms with Crippen LogP contribution in [0.25, 0.3) is 11.0 Å². The van der Waals surface area contributed by atoms with Crippen LogP contribution in [-0.2, 0) is 29.5 Å². The molecule has 0 atom stereocenters. The number of hydrogen-bond acceptors (Lipinski definition) is 4. The van der Waals surface area contributed by atoms with Gasteiger partial charge in [0.05, 0.1) is 40.7 Å². The highest BCUT2D eigenvalue weighted by Crippen LogP contribution is 2.46. The number of ether oxygens (including phenoxy) is 1. The van der Waals surface area contributed by atoms with Crippen molar-refractivity contribution >= 4 is 11.0 Å². The molecule has 1 N–H and O–H groups in total. The summed E-state index contributed by atoms with van der Waals surface area (Å²) in [4.78, 5) is 6.50. The number of fused-ring (bicyclic) bond motifs is 3. The molecule has 1 aromatic heterocycles. The molecule has 2 fully saturated rings. The van der Waals surface area contributed by atoms with Gasteiger partial charge in [0.15, 0.2) is 0 Å². The van der Waals surface area contributed by atoms with Gasteiger partial charge in [-0.25, -0.2) is 4.98 Å². The molecule has 8 heteroatoms. The van der Waals surface area contributed by atoms with Gasteiger partial charge in [-0.05, 0) is 61.8 Å². The topological polar surface area (TPSA) is 50.5 Å². The first-order chi connectivity index (χ1) is 17.7. The van der Waals surface area contributed by atoms with Crippen molar-refractivity contribution in [3.63, 3.8) is 0 Å². The number of halogens is 3. The summed E-state index contributed by atoms with van der Waals surface area (Å²) in [6, 6.07) is 11.5. The van der Waals surface area contributed by atoms with Crippen molar-refractivity contribution in [3.8, 4) is 0 Å². The number of piperidine rings is 1. The molecule has 0 radical (unpaired) electrons. The normalized spacial score (nSPS) is 25.0. The van der Waals surface area contributed by atoms with Gasteiger partial charge in [-0.15, -0.1) is 0 Å². The lowest BCUT2D eigenvalue weighted by Gasteiger charge is -2.42. The highest BCUT2D eigenvalue weighted by molar-refractivity contribution is 5.81. The molecule has 0 bridgehead atoms. The summed E-state index contributed by atoms with van der Waals surface area (Å²) >= 11 is 0. The van der Waals surface area contributed by atoms with Crippen LogP contribution in [-0.4, -0.2) is 44.8 Å². The summed E-state index contributed by atoms with van der Waals surface area (Å²) in [5.74, 6) is 0. The SMILES string of the molecule is CC.CC1(O)CC(n2cnc3ccc(CCN4CCC5(CC4)OCc4ccccc45)c(C(F)(F)F)c32)C1. The van der Waals surface area contributed by atoms with Crippen LogP contribution in [0.3, 0.4) is 0 Å². The van der Waals surface area contributed by atoms with E-state index < -0.39 is 17.3 Å². The third kappa shape index (κ3) is 4.79. The molecule has 1 aliphatic carbocycles. The van der Waals surface area contributed by atoms with E-state index in [1.807, 2.05) is 26.0 Å². The first kappa shape index (κ1) is 26.2. The number of nitrogens with zero attached hydrogens (tertiary/aromatic N) is 3. The van der Waals surface area contributed by atoms with Gasteiger partial charge in [0.25, 0.3) is 0 Å². The Morgan fingerprint density at radius 3 is 2.46 bits per heavy atom. The standard InChI is InChI=1S/C27H30F3N3O2.C2H6/c1-25(34)14-20(15-25)33-17-31-22-7-6-18(23(24(22)33)27(28,29)30)8-11-32-12-9-26(10-13-32)21-5-3-2-4-19(21)16-35-26;1-2/h2-7,17,20,34H,8-16H2,1H3;1-2H3. The molecule has 2 aliphatic heterocycles. The monoisotopic (exact) mass is 515 g/mol. The van der Waals surface area contributed by atoms with Crippen molar-refractivity contribution in [3.05, 3.63) is 65.0 Å². The van der Waals surface area contributed by atoms with Crippen LogP contribution in [0.1, 0.15) is 74.8 Å². The molecule has 1 spiro atoms. The highest BCUT2D eigenvalue weighted by atomic mass is 19.4. The number of benzene rings is 2. The summed E-state index contributed by atoms with van der Waals surface area (Å²) in [6.45, 7) is 8.52. The summed E-state index contributed by atoms with van der Waals surface area (Å²) in [5, 5.41) is 10.1. The van der Waals surface area contributed by atoms with Gasteiger partial charge in [0, 0.05) is 25.7 Å². The fourth-order valence-corrected chi connectivity index (χ4v) is 6.34. The zero-order valence-electron chi connectivity index (χ0n) is 21.8. The van der Waals surface area contributed by atoms with Crippen molar-refractivity contribution in [2.75, 3.05) is 19.6 Å². The van der Waals surface area contributed by atoms with Gasteiger partial charge in [0.2, 0.25) is 0 Å². The summed E-state index contributed by atoms with van der Waals surface area (Å²) < 4.78 is 50.9. The second kappa shape index (κ2) is 9.71. The third-order valence-electron chi connectivity index (χ3n) is 8.22. The van der Waals surface area contributed by atoms with Gasteiger partial charge in [-0.3, -0.25) is 0 Å². The first-order valence-electron chi connectivity index (χ1n) is 13.4. The van der Waals surface area contributed by atoms with Crippen molar-refractivity contribution in [2.24, 2.45) is 0 Å². The van der Waals surface area contributed by atoms with E-state index >= 15 is 0 Å². The molecule has 0 unspecified atom stereocenters. The Morgan fingerprint density at radius 1 is 1.08 bits per heavy atom. The molecule has 6 rings (SSSR count). The van der Waals surface area contributed by atoms with Gasteiger partial charge in [-0.2, -0.15) is 13.2 Å². The minimum absolute atomic E-state index is 0.143. The van der Waals surface area contributed by atoms with E-state index in [2.05, 4.69) is 22.0 Å². The average molecular weight is 516 g/mol. The molecular weight excluding hydrogens is 479 g/mol. The predicted molar refractivity (Wildman–Crippen MR) is 137 cm³/mol. The van der Waals surface area contributed by atoms with Crippen LogP contribution in [0, 0.1) is 0 Å². The first-order valence-corrected chi connectivity index (χ1v) is 13.4. The number of aromatic nitrogens is 2. The molecule has 1 saturated carbocycles. The lowest BCUT2D eigenvalue weighted by atomic mass is 9.77. The maximum Gasteiger partial charge on any atom is 0.418 e. The van der Waals surface area contributed by atoms with Crippen molar-refractivity contribution < 1.29 is 23.0 Å². The Kier molecular flexibility index (Phi) is 6.88. The van der Waals surface area contributed by atoms with Gasteiger partial charge < -0.3 is 19.3 Å². The number of alkyl halides is 3. The number of hydrogen-bond donors (Lipinski definition) is 1. The zero-order chi connectivity index (χ0) is 26.4. The molecule has 3 aliphatic rings. The lowest BCUT2D eigenvalue weighted by molar-refractivity contribution is -0.137.